The van der Waals surface area contributed by atoms with Crippen molar-refractivity contribution >= 4 is 17.7 Å². The van der Waals surface area contributed by atoms with Gasteiger partial charge in [0.1, 0.15) is 0 Å². The Morgan fingerprint density at radius 2 is 2.14 bits per heavy atom. The van der Waals surface area contributed by atoms with Crippen molar-refractivity contribution < 1.29 is 4.79 Å². The zero-order valence-corrected chi connectivity index (χ0v) is 13.4. The van der Waals surface area contributed by atoms with Crippen LogP contribution in [-0.4, -0.2) is 49.4 Å². The van der Waals surface area contributed by atoms with E-state index in [4.69, 9.17) is 0 Å². The molecule has 0 radical (unpaired) electrons. The molecule has 7 heteroatoms. The van der Waals surface area contributed by atoms with E-state index in [-0.39, 0.29) is 5.91 Å². The van der Waals surface area contributed by atoms with Crippen LogP contribution in [-0.2, 0) is 4.79 Å². The van der Waals surface area contributed by atoms with Crippen LogP contribution in [0.1, 0.15) is 26.2 Å². The number of para-hydroxylation sites is 1. The van der Waals surface area contributed by atoms with Gasteiger partial charge >= 0.3 is 0 Å². The lowest BCUT2D eigenvalue weighted by Crippen LogP contribution is -2.42. The monoisotopic (exact) mass is 317 g/mol. The number of amides is 1. The number of tetrazole rings is 1. The van der Waals surface area contributed by atoms with Gasteiger partial charge in [0.05, 0.1) is 11.4 Å². The molecule has 1 fully saturated rings. The summed E-state index contributed by atoms with van der Waals surface area (Å²) in [7, 11) is 0. The molecule has 1 aliphatic rings. The van der Waals surface area contributed by atoms with E-state index >= 15 is 0 Å². The van der Waals surface area contributed by atoms with Crippen molar-refractivity contribution in [3.8, 4) is 5.69 Å². The lowest BCUT2D eigenvalue weighted by molar-refractivity contribution is -0.131. The summed E-state index contributed by atoms with van der Waals surface area (Å²) >= 11 is 1.39. The third-order valence-electron chi connectivity index (χ3n) is 3.89. The molecular formula is C15H19N5OS. The average molecular weight is 317 g/mol. The second-order valence-electron chi connectivity index (χ2n) is 5.43. The van der Waals surface area contributed by atoms with Gasteiger partial charge in [-0.05, 0) is 48.7 Å². The van der Waals surface area contributed by atoms with Crippen molar-refractivity contribution in [2.45, 2.75) is 37.4 Å². The van der Waals surface area contributed by atoms with Crippen molar-refractivity contribution in [3.05, 3.63) is 30.3 Å². The van der Waals surface area contributed by atoms with E-state index in [0.29, 0.717) is 17.0 Å². The molecule has 1 aliphatic heterocycles. The minimum absolute atomic E-state index is 0.166. The normalized spacial score (nSPS) is 18.4. The molecule has 1 amide bonds. The van der Waals surface area contributed by atoms with Gasteiger partial charge in [0.25, 0.3) is 0 Å². The number of likely N-dealkylation sites (tertiary alicyclic amines) is 1. The molecular weight excluding hydrogens is 298 g/mol. The fraction of sp³-hybridized carbons (Fsp3) is 0.467. The van der Waals surface area contributed by atoms with Crippen LogP contribution in [0.2, 0.25) is 0 Å². The molecule has 6 nitrogen and oxygen atoms in total. The van der Waals surface area contributed by atoms with Gasteiger partial charge in [0.2, 0.25) is 11.1 Å². The number of hydrogen-bond acceptors (Lipinski definition) is 5. The van der Waals surface area contributed by atoms with Gasteiger partial charge in [0.15, 0.2) is 0 Å². The highest BCUT2D eigenvalue weighted by atomic mass is 32.2. The number of hydrogen-bond donors (Lipinski definition) is 0. The Balaban J connectivity index is 1.65. The van der Waals surface area contributed by atoms with Gasteiger partial charge in [-0.1, -0.05) is 30.0 Å². The number of piperidine rings is 1. The molecule has 1 aromatic heterocycles. The van der Waals surface area contributed by atoms with Crippen LogP contribution in [0.4, 0.5) is 0 Å². The van der Waals surface area contributed by atoms with E-state index in [1.807, 2.05) is 35.2 Å². The summed E-state index contributed by atoms with van der Waals surface area (Å²) in [6.07, 6.45) is 3.41. The summed E-state index contributed by atoms with van der Waals surface area (Å²) < 4.78 is 1.66. The fourth-order valence-electron chi connectivity index (χ4n) is 2.68. The number of carbonyl (C=O) groups is 1. The predicted octanol–water partition coefficient (Wildman–Crippen LogP) is 2.16. The molecule has 1 saturated heterocycles. The van der Waals surface area contributed by atoms with E-state index in [1.165, 1.54) is 18.2 Å². The van der Waals surface area contributed by atoms with E-state index in [1.54, 1.807) is 4.68 Å². The van der Waals surface area contributed by atoms with Crippen LogP contribution in [0.3, 0.4) is 0 Å². The maximum atomic E-state index is 12.4. The standard InChI is InChI=1S/C15H19N5OS/c1-12-7-5-6-10-19(12)14(21)11-22-15-16-17-18-20(15)13-8-3-2-4-9-13/h2-4,8-9,12H,5-7,10-11H2,1H3/t12-/m1/s1. The quantitative estimate of drug-likeness (QED) is 0.809. The Morgan fingerprint density at radius 1 is 1.32 bits per heavy atom. The Kier molecular flexibility index (Phi) is 4.72. The first-order valence-corrected chi connectivity index (χ1v) is 8.50. The molecule has 3 rings (SSSR count). The second-order valence-corrected chi connectivity index (χ2v) is 6.37. The van der Waals surface area contributed by atoms with Crippen molar-refractivity contribution in [1.82, 2.24) is 25.1 Å². The number of carbonyl (C=O) groups excluding carboxylic acids is 1. The number of nitrogens with zero attached hydrogens (tertiary/aromatic N) is 5. The summed E-state index contributed by atoms with van der Waals surface area (Å²) in [5.41, 5.74) is 0.897. The highest BCUT2D eigenvalue weighted by molar-refractivity contribution is 7.99. The molecule has 22 heavy (non-hydrogen) atoms. The van der Waals surface area contributed by atoms with Crippen molar-refractivity contribution in [3.63, 3.8) is 0 Å². The third kappa shape index (κ3) is 3.30. The maximum absolute atomic E-state index is 12.4. The van der Waals surface area contributed by atoms with Gasteiger partial charge in [-0.25, -0.2) is 0 Å². The third-order valence-corrected chi connectivity index (χ3v) is 4.79. The Labute approximate surface area is 133 Å². The van der Waals surface area contributed by atoms with E-state index in [2.05, 4.69) is 22.4 Å². The molecule has 1 aromatic carbocycles. The van der Waals surface area contributed by atoms with Crippen LogP contribution < -0.4 is 0 Å². The minimum atomic E-state index is 0.166. The summed E-state index contributed by atoms with van der Waals surface area (Å²) in [6.45, 7) is 2.99. The lowest BCUT2D eigenvalue weighted by atomic mass is 10.0. The number of benzene rings is 1. The summed E-state index contributed by atoms with van der Waals surface area (Å²) in [5.74, 6) is 0.539. The van der Waals surface area contributed by atoms with Gasteiger partial charge in [-0.2, -0.15) is 4.68 Å². The highest BCUT2D eigenvalue weighted by Crippen LogP contribution is 2.21. The average Bonchev–Trinajstić information content (AvgIpc) is 3.02. The van der Waals surface area contributed by atoms with E-state index in [9.17, 15) is 4.79 Å². The second kappa shape index (κ2) is 6.91. The van der Waals surface area contributed by atoms with Crippen molar-refractivity contribution in [1.29, 1.82) is 0 Å². The topological polar surface area (TPSA) is 63.9 Å². The van der Waals surface area contributed by atoms with Gasteiger partial charge in [-0.15, -0.1) is 5.10 Å². The molecule has 2 heterocycles. The molecule has 0 unspecified atom stereocenters. The number of rotatable bonds is 4. The van der Waals surface area contributed by atoms with Crippen LogP contribution in [0, 0.1) is 0 Å². The maximum Gasteiger partial charge on any atom is 0.233 e. The predicted molar refractivity (Wildman–Crippen MR) is 84.9 cm³/mol. The molecule has 116 valence electrons. The Hall–Kier alpha value is -1.89. The number of aromatic nitrogens is 4. The highest BCUT2D eigenvalue weighted by Gasteiger charge is 2.23. The first-order valence-electron chi connectivity index (χ1n) is 7.52. The molecule has 0 saturated carbocycles. The molecule has 0 spiro atoms. The molecule has 1 atom stereocenters. The zero-order chi connectivity index (χ0) is 15.4. The first kappa shape index (κ1) is 15.0. The van der Waals surface area contributed by atoms with Gasteiger partial charge < -0.3 is 4.90 Å². The summed E-state index contributed by atoms with van der Waals surface area (Å²) in [6, 6.07) is 10.0. The largest absolute Gasteiger partial charge is 0.339 e. The van der Waals surface area contributed by atoms with Crippen LogP contribution in [0.15, 0.2) is 35.5 Å². The lowest BCUT2D eigenvalue weighted by Gasteiger charge is -2.33. The Bertz CT molecular complexity index is 630. The summed E-state index contributed by atoms with van der Waals surface area (Å²) in [5, 5.41) is 12.4. The van der Waals surface area contributed by atoms with Crippen LogP contribution >= 0.6 is 11.8 Å². The fourth-order valence-corrected chi connectivity index (χ4v) is 3.45. The van der Waals surface area contributed by atoms with E-state index < -0.39 is 0 Å². The minimum Gasteiger partial charge on any atom is -0.339 e. The van der Waals surface area contributed by atoms with Crippen molar-refractivity contribution in [2.75, 3.05) is 12.3 Å². The molecule has 0 aliphatic carbocycles. The van der Waals surface area contributed by atoms with Crippen LogP contribution in [0.5, 0.6) is 0 Å². The molecule has 0 N–H and O–H groups in total. The first-order chi connectivity index (χ1) is 10.8. The number of thioether (sulfide) groups is 1. The van der Waals surface area contributed by atoms with Crippen molar-refractivity contribution in [2.24, 2.45) is 0 Å². The zero-order valence-electron chi connectivity index (χ0n) is 12.6. The Morgan fingerprint density at radius 3 is 2.91 bits per heavy atom. The van der Waals surface area contributed by atoms with E-state index in [0.717, 1.165) is 25.1 Å². The summed E-state index contributed by atoms with van der Waals surface area (Å²) in [4.78, 5) is 14.4. The van der Waals surface area contributed by atoms with Gasteiger partial charge in [0, 0.05) is 12.6 Å². The molecule has 0 bridgehead atoms. The van der Waals surface area contributed by atoms with Gasteiger partial charge in [-0.3, -0.25) is 4.79 Å². The van der Waals surface area contributed by atoms with Crippen LogP contribution in [0.25, 0.3) is 5.69 Å². The SMILES string of the molecule is C[C@@H]1CCCCN1C(=O)CSc1nnnn1-c1ccccc1. The molecule has 2 aromatic rings. The smallest absolute Gasteiger partial charge is 0.233 e.